The summed E-state index contributed by atoms with van der Waals surface area (Å²) in [5.74, 6) is 0.199. The molecule has 26 heavy (non-hydrogen) atoms. The third-order valence-corrected chi connectivity index (χ3v) is 4.02. The predicted octanol–water partition coefficient (Wildman–Crippen LogP) is 2.25. The van der Waals surface area contributed by atoms with E-state index in [2.05, 4.69) is 15.3 Å². The zero-order valence-corrected chi connectivity index (χ0v) is 16.3. The maximum atomic E-state index is 12.7. The Kier molecular flexibility index (Phi) is 6.00. The first-order valence-electron chi connectivity index (χ1n) is 9.07. The summed E-state index contributed by atoms with van der Waals surface area (Å²) < 4.78 is 1.45. The third-order valence-electron chi connectivity index (χ3n) is 4.02. The average molecular weight is 360 g/mol. The van der Waals surface area contributed by atoms with E-state index in [4.69, 9.17) is 0 Å². The van der Waals surface area contributed by atoms with Crippen molar-refractivity contribution < 1.29 is 4.79 Å². The molecule has 0 aromatic carbocycles. The quantitative estimate of drug-likeness (QED) is 0.826. The van der Waals surface area contributed by atoms with Gasteiger partial charge in [-0.05, 0) is 23.8 Å². The fourth-order valence-electron chi connectivity index (χ4n) is 2.69. The first-order chi connectivity index (χ1) is 12.1. The van der Waals surface area contributed by atoms with Crippen molar-refractivity contribution in [3.63, 3.8) is 0 Å². The number of fused-ring (bicyclic) bond motifs is 1. The van der Waals surface area contributed by atoms with Gasteiger partial charge in [-0.15, -0.1) is 0 Å². The van der Waals surface area contributed by atoms with E-state index in [-0.39, 0.29) is 40.3 Å². The predicted molar refractivity (Wildman–Crippen MR) is 103 cm³/mol. The lowest BCUT2D eigenvalue weighted by Gasteiger charge is -2.16. The molecule has 2 N–H and O–H groups in total. The minimum Gasteiger partial charge on any atom is -0.352 e. The van der Waals surface area contributed by atoms with E-state index in [9.17, 15) is 14.4 Å². The fourth-order valence-corrected chi connectivity index (χ4v) is 2.69. The fraction of sp³-hybridized carbons (Fsp3) is 0.579. The molecular formula is C19H28N4O3. The van der Waals surface area contributed by atoms with Gasteiger partial charge in [-0.3, -0.25) is 19.1 Å². The average Bonchev–Trinajstić information content (AvgIpc) is 2.54. The number of nitrogens with one attached hydrogen (secondary N) is 2. The highest BCUT2D eigenvalue weighted by atomic mass is 16.2. The number of pyridine rings is 1. The lowest BCUT2D eigenvalue weighted by molar-refractivity contribution is 0.0950. The molecular weight excluding hydrogens is 332 g/mol. The van der Waals surface area contributed by atoms with E-state index >= 15 is 0 Å². The first-order valence-corrected chi connectivity index (χ1v) is 9.07. The van der Waals surface area contributed by atoms with E-state index in [1.54, 1.807) is 6.07 Å². The van der Waals surface area contributed by atoms with E-state index in [1.807, 2.05) is 41.5 Å². The molecule has 2 aromatic rings. The van der Waals surface area contributed by atoms with Crippen LogP contribution in [0.2, 0.25) is 0 Å². The Hall–Kier alpha value is -2.44. The molecule has 0 saturated carbocycles. The SMILES string of the molecule is CC(C)CNC(=O)c1cc(C(C)C)nc2c1c(=O)[nH]c(=O)n2CC(C)C. The van der Waals surface area contributed by atoms with Crippen LogP contribution >= 0.6 is 0 Å². The summed E-state index contributed by atoms with van der Waals surface area (Å²) in [4.78, 5) is 44.4. The molecule has 0 radical (unpaired) electrons. The summed E-state index contributed by atoms with van der Waals surface area (Å²) in [5, 5.41) is 3.01. The van der Waals surface area contributed by atoms with Crippen LogP contribution in [-0.4, -0.2) is 27.0 Å². The van der Waals surface area contributed by atoms with Gasteiger partial charge in [0.25, 0.3) is 11.5 Å². The van der Waals surface area contributed by atoms with Crippen molar-refractivity contribution in [3.05, 3.63) is 38.2 Å². The molecule has 0 bridgehead atoms. The Bertz CT molecular complexity index is 923. The highest BCUT2D eigenvalue weighted by Gasteiger charge is 2.20. The van der Waals surface area contributed by atoms with E-state index < -0.39 is 11.2 Å². The Balaban J connectivity index is 2.80. The first kappa shape index (κ1) is 19.9. The van der Waals surface area contributed by atoms with Gasteiger partial charge in [-0.25, -0.2) is 9.78 Å². The highest BCUT2D eigenvalue weighted by molar-refractivity contribution is 6.05. The zero-order valence-electron chi connectivity index (χ0n) is 16.3. The molecule has 0 fully saturated rings. The molecule has 0 aliphatic rings. The van der Waals surface area contributed by atoms with Gasteiger partial charge in [0.1, 0.15) is 0 Å². The van der Waals surface area contributed by atoms with Crippen LogP contribution in [0.5, 0.6) is 0 Å². The second-order valence-corrected chi connectivity index (χ2v) is 7.82. The van der Waals surface area contributed by atoms with Gasteiger partial charge in [-0.1, -0.05) is 41.5 Å². The van der Waals surface area contributed by atoms with Gasteiger partial charge >= 0.3 is 5.69 Å². The van der Waals surface area contributed by atoms with Crippen LogP contribution in [0.3, 0.4) is 0 Å². The van der Waals surface area contributed by atoms with Crippen LogP contribution in [0.25, 0.3) is 11.0 Å². The molecule has 142 valence electrons. The van der Waals surface area contributed by atoms with E-state index in [0.29, 0.717) is 18.8 Å². The molecule has 2 heterocycles. The number of aromatic nitrogens is 3. The molecule has 0 unspecified atom stereocenters. The molecule has 0 atom stereocenters. The second kappa shape index (κ2) is 7.85. The van der Waals surface area contributed by atoms with E-state index in [0.717, 1.165) is 0 Å². The minimum absolute atomic E-state index is 0.0536. The highest BCUT2D eigenvalue weighted by Crippen LogP contribution is 2.20. The second-order valence-electron chi connectivity index (χ2n) is 7.82. The van der Waals surface area contributed by atoms with Crippen molar-refractivity contribution in [1.29, 1.82) is 0 Å². The normalized spacial score (nSPS) is 11.7. The number of hydrogen-bond acceptors (Lipinski definition) is 4. The van der Waals surface area contributed by atoms with Crippen molar-refractivity contribution in [2.75, 3.05) is 6.54 Å². The number of amides is 1. The number of carbonyl (C=O) groups excluding carboxylic acids is 1. The van der Waals surface area contributed by atoms with Crippen LogP contribution in [-0.2, 0) is 6.54 Å². The summed E-state index contributed by atoms with van der Waals surface area (Å²) in [5.41, 5.74) is 0.127. The number of aromatic amines is 1. The molecule has 0 saturated heterocycles. The zero-order chi connectivity index (χ0) is 19.6. The Morgan fingerprint density at radius 3 is 2.35 bits per heavy atom. The summed E-state index contributed by atoms with van der Waals surface area (Å²) in [6.45, 7) is 12.8. The largest absolute Gasteiger partial charge is 0.352 e. The van der Waals surface area contributed by atoms with Gasteiger partial charge in [0, 0.05) is 18.8 Å². The van der Waals surface area contributed by atoms with Crippen molar-refractivity contribution in [1.82, 2.24) is 19.9 Å². The van der Waals surface area contributed by atoms with Crippen molar-refractivity contribution in [2.24, 2.45) is 11.8 Å². The van der Waals surface area contributed by atoms with Crippen molar-refractivity contribution >= 4 is 16.9 Å². The van der Waals surface area contributed by atoms with Crippen LogP contribution in [0.4, 0.5) is 0 Å². The van der Waals surface area contributed by atoms with Crippen LogP contribution in [0, 0.1) is 11.8 Å². The molecule has 0 aliphatic carbocycles. The van der Waals surface area contributed by atoms with Crippen molar-refractivity contribution in [3.8, 4) is 0 Å². The van der Waals surface area contributed by atoms with Gasteiger partial charge < -0.3 is 5.32 Å². The molecule has 0 spiro atoms. The standard InChI is InChI=1S/C19H28N4O3/c1-10(2)8-20-17(24)13-7-14(12(5)6)21-16-15(13)18(25)22-19(26)23(16)9-11(3)4/h7,10-12H,8-9H2,1-6H3,(H,20,24)(H,22,25,26). The maximum Gasteiger partial charge on any atom is 0.330 e. The Morgan fingerprint density at radius 2 is 1.81 bits per heavy atom. The Labute approximate surface area is 152 Å². The van der Waals surface area contributed by atoms with Gasteiger partial charge in [-0.2, -0.15) is 0 Å². The summed E-state index contributed by atoms with van der Waals surface area (Å²) in [6.07, 6.45) is 0. The summed E-state index contributed by atoms with van der Waals surface area (Å²) in [6, 6.07) is 1.65. The third kappa shape index (κ3) is 4.20. The van der Waals surface area contributed by atoms with Gasteiger partial charge in [0.2, 0.25) is 0 Å². The molecule has 7 nitrogen and oxygen atoms in total. The summed E-state index contributed by atoms with van der Waals surface area (Å²) >= 11 is 0. The monoisotopic (exact) mass is 360 g/mol. The maximum absolute atomic E-state index is 12.7. The molecule has 7 heteroatoms. The number of H-pyrrole nitrogens is 1. The van der Waals surface area contributed by atoms with Crippen LogP contribution in [0.15, 0.2) is 15.7 Å². The van der Waals surface area contributed by atoms with Crippen molar-refractivity contribution in [2.45, 2.75) is 54.0 Å². The number of carbonyl (C=O) groups is 1. The molecule has 2 aromatic heterocycles. The van der Waals surface area contributed by atoms with Gasteiger partial charge in [0.15, 0.2) is 5.65 Å². The Morgan fingerprint density at radius 1 is 1.15 bits per heavy atom. The van der Waals surface area contributed by atoms with Crippen LogP contribution < -0.4 is 16.6 Å². The topological polar surface area (TPSA) is 96.8 Å². The smallest absolute Gasteiger partial charge is 0.330 e. The van der Waals surface area contributed by atoms with Gasteiger partial charge in [0.05, 0.1) is 10.9 Å². The number of rotatable bonds is 6. The lowest BCUT2D eigenvalue weighted by Crippen LogP contribution is -2.35. The number of hydrogen-bond donors (Lipinski definition) is 2. The van der Waals surface area contributed by atoms with Crippen LogP contribution in [0.1, 0.15) is 63.5 Å². The lowest BCUT2D eigenvalue weighted by atomic mass is 10.0. The minimum atomic E-state index is -0.581. The van der Waals surface area contributed by atoms with E-state index in [1.165, 1.54) is 4.57 Å². The molecule has 0 aliphatic heterocycles. The molecule has 2 rings (SSSR count). The summed E-state index contributed by atoms with van der Waals surface area (Å²) in [7, 11) is 0. The number of nitrogens with zero attached hydrogens (tertiary/aromatic N) is 2. The molecule has 1 amide bonds.